The summed E-state index contributed by atoms with van der Waals surface area (Å²) >= 11 is 0. The van der Waals surface area contributed by atoms with Gasteiger partial charge in [-0.2, -0.15) is 0 Å². The minimum absolute atomic E-state index is 0.448. The van der Waals surface area contributed by atoms with Crippen molar-refractivity contribution in [3.63, 3.8) is 0 Å². The number of nitrogens with zero attached hydrogens (tertiary/aromatic N) is 2. The maximum Gasteiger partial charge on any atom is 0.0753 e. The van der Waals surface area contributed by atoms with Crippen molar-refractivity contribution in [2.75, 3.05) is 39.3 Å². The first kappa shape index (κ1) is 18.2. The Kier molecular flexibility index (Phi) is 5.68. The molecule has 0 aromatic heterocycles. The van der Waals surface area contributed by atoms with E-state index in [1.807, 2.05) is 0 Å². The quantitative estimate of drug-likeness (QED) is 0.799. The topological polar surface area (TPSA) is 39.8 Å². The van der Waals surface area contributed by atoms with Gasteiger partial charge in [-0.05, 0) is 58.9 Å². The number of fused-ring (bicyclic) bond motifs is 2. The van der Waals surface area contributed by atoms with Gasteiger partial charge in [-0.3, -0.25) is 9.80 Å². The minimum atomic E-state index is 0.448. The van der Waals surface area contributed by atoms with E-state index in [0.717, 1.165) is 37.7 Å². The lowest BCUT2D eigenvalue weighted by molar-refractivity contribution is -0.0532. The van der Waals surface area contributed by atoms with Crippen LogP contribution in [0.2, 0.25) is 0 Å². The van der Waals surface area contributed by atoms with Gasteiger partial charge in [-0.15, -0.1) is 0 Å². The van der Waals surface area contributed by atoms with Crippen molar-refractivity contribution >= 4 is 0 Å². The second-order valence-electron chi connectivity index (χ2n) is 9.13. The Balaban J connectivity index is 1.36. The van der Waals surface area contributed by atoms with E-state index >= 15 is 0 Å². The molecule has 0 aromatic carbocycles. The Morgan fingerprint density at radius 1 is 1.04 bits per heavy atom. The number of rotatable bonds is 4. The third-order valence-corrected chi connectivity index (χ3v) is 7.26. The Bertz CT molecular complexity index is 445. The third-order valence-electron chi connectivity index (χ3n) is 7.26. The summed E-state index contributed by atoms with van der Waals surface area (Å²) in [5, 5.41) is 7.42. The van der Waals surface area contributed by atoms with Crippen LogP contribution in [0.3, 0.4) is 0 Å². The van der Waals surface area contributed by atoms with Crippen LogP contribution in [-0.4, -0.2) is 85.4 Å². The lowest BCUT2D eigenvalue weighted by Gasteiger charge is -2.48. The number of likely N-dealkylation sites (tertiary alicyclic amines) is 2. The lowest BCUT2D eigenvalue weighted by Crippen LogP contribution is -2.60. The maximum absolute atomic E-state index is 5.95. The van der Waals surface area contributed by atoms with Crippen LogP contribution in [-0.2, 0) is 4.74 Å². The van der Waals surface area contributed by atoms with Crippen LogP contribution in [0.4, 0.5) is 0 Å². The van der Waals surface area contributed by atoms with Gasteiger partial charge in [-0.25, -0.2) is 0 Å². The molecule has 0 radical (unpaired) electrons. The molecule has 4 rings (SSSR count). The van der Waals surface area contributed by atoms with Gasteiger partial charge in [-0.1, -0.05) is 0 Å². The Labute approximate surface area is 153 Å². The highest BCUT2D eigenvalue weighted by Crippen LogP contribution is 2.33. The molecule has 4 aliphatic heterocycles. The summed E-state index contributed by atoms with van der Waals surface area (Å²) < 4.78 is 5.95. The largest absolute Gasteiger partial charge is 0.375 e. The van der Waals surface area contributed by atoms with Gasteiger partial charge in [0.1, 0.15) is 0 Å². The number of ether oxygens (including phenoxy) is 1. The molecular weight excluding hydrogens is 312 g/mol. The number of hydrogen-bond acceptors (Lipinski definition) is 5. The fourth-order valence-corrected chi connectivity index (χ4v) is 5.79. The zero-order chi connectivity index (χ0) is 17.4. The Morgan fingerprint density at radius 3 is 2.72 bits per heavy atom. The molecule has 5 heteroatoms. The van der Waals surface area contributed by atoms with Crippen molar-refractivity contribution in [1.29, 1.82) is 0 Å². The molecule has 2 N–H and O–H groups in total. The highest BCUT2D eigenvalue weighted by molar-refractivity contribution is 4.98. The molecule has 4 saturated heterocycles. The van der Waals surface area contributed by atoms with E-state index in [4.69, 9.17) is 4.74 Å². The van der Waals surface area contributed by atoms with E-state index in [1.165, 1.54) is 45.3 Å². The van der Waals surface area contributed by atoms with Gasteiger partial charge in [0.25, 0.3) is 0 Å². The zero-order valence-electron chi connectivity index (χ0n) is 16.4. The van der Waals surface area contributed by atoms with Gasteiger partial charge in [0.2, 0.25) is 0 Å². The molecule has 0 amide bonds. The summed E-state index contributed by atoms with van der Waals surface area (Å²) in [6.07, 6.45) is 5.73. The molecule has 6 atom stereocenters. The van der Waals surface area contributed by atoms with E-state index < -0.39 is 0 Å². The second-order valence-corrected chi connectivity index (χ2v) is 9.13. The standard InChI is InChI=1S/C20H38N4O/c1-14(2)24-13-18-16(4-6-21-18)11-17(24)10-15(3)23-8-5-20-19(12-23)22-7-9-25-20/h14-22H,4-13H2,1-3H3. The molecule has 0 saturated carbocycles. The molecule has 25 heavy (non-hydrogen) atoms. The molecule has 4 aliphatic rings. The molecule has 4 heterocycles. The van der Waals surface area contributed by atoms with Gasteiger partial charge in [0, 0.05) is 56.4 Å². The maximum atomic E-state index is 5.95. The molecule has 0 aromatic rings. The van der Waals surface area contributed by atoms with Gasteiger partial charge in [0.05, 0.1) is 12.7 Å². The minimum Gasteiger partial charge on any atom is -0.375 e. The van der Waals surface area contributed by atoms with Crippen molar-refractivity contribution in [3.05, 3.63) is 0 Å². The first-order chi connectivity index (χ1) is 12.1. The van der Waals surface area contributed by atoms with Crippen LogP contribution >= 0.6 is 0 Å². The van der Waals surface area contributed by atoms with Gasteiger partial charge < -0.3 is 15.4 Å². The predicted octanol–water partition coefficient (Wildman–Crippen LogP) is 1.29. The third kappa shape index (κ3) is 3.91. The van der Waals surface area contributed by atoms with E-state index in [0.29, 0.717) is 24.2 Å². The number of hydrogen-bond donors (Lipinski definition) is 2. The highest BCUT2D eigenvalue weighted by atomic mass is 16.5. The predicted molar refractivity (Wildman–Crippen MR) is 102 cm³/mol. The summed E-state index contributed by atoms with van der Waals surface area (Å²) in [4.78, 5) is 5.51. The number of morpholine rings is 1. The Hall–Kier alpha value is -0.200. The summed E-state index contributed by atoms with van der Waals surface area (Å²) in [6.45, 7) is 14.0. The molecule has 4 fully saturated rings. The van der Waals surface area contributed by atoms with E-state index in [9.17, 15) is 0 Å². The second kappa shape index (κ2) is 7.81. The first-order valence-electron chi connectivity index (χ1n) is 10.7. The van der Waals surface area contributed by atoms with E-state index in [-0.39, 0.29) is 0 Å². The van der Waals surface area contributed by atoms with Crippen LogP contribution in [0.5, 0.6) is 0 Å². The van der Waals surface area contributed by atoms with Crippen LogP contribution in [0.1, 0.15) is 46.5 Å². The normalized spacial score (nSPS) is 41.5. The smallest absolute Gasteiger partial charge is 0.0753 e. The molecule has 6 unspecified atom stereocenters. The molecule has 0 bridgehead atoms. The first-order valence-corrected chi connectivity index (χ1v) is 10.7. The summed E-state index contributed by atoms with van der Waals surface area (Å²) in [5.41, 5.74) is 0. The van der Waals surface area contributed by atoms with E-state index in [2.05, 4.69) is 41.2 Å². The average molecular weight is 351 g/mol. The Morgan fingerprint density at radius 2 is 1.88 bits per heavy atom. The number of nitrogens with one attached hydrogen (secondary N) is 2. The monoisotopic (exact) mass is 350 g/mol. The molecule has 5 nitrogen and oxygen atoms in total. The molecule has 0 aliphatic carbocycles. The van der Waals surface area contributed by atoms with Crippen LogP contribution < -0.4 is 10.6 Å². The molecule has 144 valence electrons. The lowest BCUT2D eigenvalue weighted by atomic mass is 9.83. The highest BCUT2D eigenvalue weighted by Gasteiger charge is 2.40. The fraction of sp³-hybridized carbons (Fsp3) is 1.00. The van der Waals surface area contributed by atoms with Gasteiger partial charge in [0.15, 0.2) is 0 Å². The van der Waals surface area contributed by atoms with Crippen molar-refractivity contribution in [2.45, 2.75) is 82.8 Å². The van der Waals surface area contributed by atoms with Crippen molar-refractivity contribution in [3.8, 4) is 0 Å². The number of piperidine rings is 2. The molecular formula is C20H38N4O. The van der Waals surface area contributed by atoms with Crippen molar-refractivity contribution in [1.82, 2.24) is 20.4 Å². The van der Waals surface area contributed by atoms with E-state index in [1.54, 1.807) is 0 Å². The summed E-state index contributed by atoms with van der Waals surface area (Å²) in [6, 6.07) is 3.36. The van der Waals surface area contributed by atoms with Gasteiger partial charge >= 0.3 is 0 Å². The van der Waals surface area contributed by atoms with Crippen LogP contribution in [0.15, 0.2) is 0 Å². The summed E-state index contributed by atoms with van der Waals surface area (Å²) in [5.74, 6) is 0.909. The van der Waals surface area contributed by atoms with Crippen LogP contribution in [0, 0.1) is 5.92 Å². The van der Waals surface area contributed by atoms with Crippen molar-refractivity contribution in [2.24, 2.45) is 5.92 Å². The molecule has 0 spiro atoms. The summed E-state index contributed by atoms with van der Waals surface area (Å²) in [7, 11) is 0. The zero-order valence-corrected chi connectivity index (χ0v) is 16.4. The van der Waals surface area contributed by atoms with Crippen LogP contribution in [0.25, 0.3) is 0 Å². The average Bonchev–Trinajstić information content (AvgIpc) is 3.07. The fourth-order valence-electron chi connectivity index (χ4n) is 5.79. The SMILES string of the molecule is CC(CC1CC2CCNC2CN1C(C)C)N1CCC2OCCNC2C1. The van der Waals surface area contributed by atoms with Crippen molar-refractivity contribution < 1.29 is 4.74 Å².